The molecule has 0 saturated carbocycles. The van der Waals surface area contributed by atoms with E-state index in [0.717, 1.165) is 49.9 Å². The van der Waals surface area contributed by atoms with Crippen LogP contribution in [-0.4, -0.2) is 60.5 Å². The fourth-order valence-corrected chi connectivity index (χ4v) is 3.54. The molecular formula is C22H34IN5O2. The number of aryl methyl sites for hydroxylation is 1. The van der Waals surface area contributed by atoms with Gasteiger partial charge >= 0.3 is 0 Å². The molecule has 1 N–H and O–H groups in total. The third-order valence-corrected chi connectivity index (χ3v) is 5.31. The maximum Gasteiger partial charge on any atom is 0.194 e. The van der Waals surface area contributed by atoms with Crippen molar-refractivity contribution >= 4 is 29.9 Å². The van der Waals surface area contributed by atoms with E-state index in [1.165, 1.54) is 5.56 Å². The predicted octanol–water partition coefficient (Wildman–Crippen LogP) is 3.58. The van der Waals surface area contributed by atoms with Gasteiger partial charge in [0.2, 0.25) is 0 Å². The van der Waals surface area contributed by atoms with Gasteiger partial charge in [-0.25, -0.2) is 0 Å². The Hall–Kier alpha value is -1.81. The Labute approximate surface area is 196 Å². The number of nitrogens with one attached hydrogen (secondary N) is 1. The molecule has 1 saturated heterocycles. The summed E-state index contributed by atoms with van der Waals surface area (Å²) in [7, 11) is 3.62. The maximum atomic E-state index is 5.97. The zero-order valence-corrected chi connectivity index (χ0v) is 20.7. The first-order valence-electron chi connectivity index (χ1n) is 10.4. The van der Waals surface area contributed by atoms with Crippen molar-refractivity contribution in [1.82, 2.24) is 20.0 Å². The van der Waals surface area contributed by atoms with E-state index in [4.69, 9.17) is 14.5 Å². The van der Waals surface area contributed by atoms with E-state index >= 15 is 0 Å². The van der Waals surface area contributed by atoms with Crippen LogP contribution in [0.15, 0.2) is 41.7 Å². The van der Waals surface area contributed by atoms with Crippen LogP contribution in [-0.2, 0) is 11.8 Å². The second kappa shape index (κ2) is 12.1. The van der Waals surface area contributed by atoms with Gasteiger partial charge in [-0.2, -0.15) is 5.10 Å². The highest BCUT2D eigenvalue weighted by Gasteiger charge is 2.25. The Balaban J connectivity index is 0.00000320. The van der Waals surface area contributed by atoms with Crippen LogP contribution in [0.2, 0.25) is 0 Å². The van der Waals surface area contributed by atoms with Crippen LogP contribution in [0.4, 0.5) is 0 Å². The number of benzene rings is 1. The molecule has 1 aromatic heterocycles. The molecule has 1 fully saturated rings. The Bertz CT molecular complexity index is 793. The fraction of sp³-hybridized carbons (Fsp3) is 0.545. The summed E-state index contributed by atoms with van der Waals surface area (Å²) in [5, 5.41) is 7.71. The summed E-state index contributed by atoms with van der Waals surface area (Å²) >= 11 is 0. The van der Waals surface area contributed by atoms with Crippen molar-refractivity contribution in [1.29, 1.82) is 0 Å². The zero-order valence-electron chi connectivity index (χ0n) is 18.4. The van der Waals surface area contributed by atoms with Gasteiger partial charge in [0, 0.05) is 38.4 Å². The lowest BCUT2D eigenvalue weighted by molar-refractivity contribution is -0.00804. The SMILES string of the molecule is CCNC(=NCCC(C)c1ccc(OC)cc1)N1CCOC(c2cnn(C)c2)C1.I. The minimum Gasteiger partial charge on any atom is -0.497 e. The average Bonchev–Trinajstić information content (AvgIpc) is 3.19. The van der Waals surface area contributed by atoms with Gasteiger partial charge in [0.15, 0.2) is 5.96 Å². The van der Waals surface area contributed by atoms with Gasteiger partial charge in [-0.15, -0.1) is 24.0 Å². The monoisotopic (exact) mass is 527 g/mol. The van der Waals surface area contributed by atoms with Crippen molar-refractivity contribution in [2.75, 3.05) is 39.9 Å². The number of aliphatic imine (C=N–C) groups is 1. The van der Waals surface area contributed by atoms with Gasteiger partial charge in [0.25, 0.3) is 0 Å². The van der Waals surface area contributed by atoms with Crippen LogP contribution in [0.25, 0.3) is 0 Å². The summed E-state index contributed by atoms with van der Waals surface area (Å²) in [5.41, 5.74) is 2.43. The molecule has 166 valence electrons. The molecule has 1 aliphatic rings. The molecule has 1 aliphatic heterocycles. The van der Waals surface area contributed by atoms with E-state index < -0.39 is 0 Å². The number of aromatic nitrogens is 2. The van der Waals surface area contributed by atoms with Gasteiger partial charge in [-0.3, -0.25) is 9.67 Å². The molecule has 2 aromatic rings. The smallest absolute Gasteiger partial charge is 0.194 e. The van der Waals surface area contributed by atoms with Gasteiger partial charge in [-0.05, 0) is 37.0 Å². The van der Waals surface area contributed by atoms with Crippen molar-refractivity contribution in [2.24, 2.45) is 12.0 Å². The van der Waals surface area contributed by atoms with Gasteiger partial charge in [0.1, 0.15) is 11.9 Å². The van der Waals surface area contributed by atoms with Gasteiger partial charge in [0.05, 0.1) is 26.5 Å². The van der Waals surface area contributed by atoms with E-state index in [2.05, 4.69) is 41.3 Å². The largest absolute Gasteiger partial charge is 0.497 e. The predicted molar refractivity (Wildman–Crippen MR) is 131 cm³/mol. The first-order valence-corrected chi connectivity index (χ1v) is 10.4. The number of halogens is 1. The molecule has 0 spiro atoms. The minimum absolute atomic E-state index is 0. The van der Waals surface area contributed by atoms with Crippen molar-refractivity contribution in [3.05, 3.63) is 47.8 Å². The van der Waals surface area contributed by atoms with E-state index in [0.29, 0.717) is 12.5 Å². The highest BCUT2D eigenvalue weighted by Crippen LogP contribution is 2.23. The quantitative estimate of drug-likeness (QED) is 0.339. The second-order valence-electron chi connectivity index (χ2n) is 7.45. The summed E-state index contributed by atoms with van der Waals surface area (Å²) in [4.78, 5) is 7.19. The first-order chi connectivity index (χ1) is 14.1. The fourth-order valence-electron chi connectivity index (χ4n) is 3.54. The normalized spacial score (nSPS) is 17.9. The molecule has 2 unspecified atom stereocenters. The lowest BCUT2D eigenvalue weighted by atomic mass is 9.98. The lowest BCUT2D eigenvalue weighted by Gasteiger charge is -2.34. The topological polar surface area (TPSA) is 63.9 Å². The lowest BCUT2D eigenvalue weighted by Crippen LogP contribution is -2.48. The van der Waals surface area contributed by atoms with Gasteiger partial charge < -0.3 is 19.7 Å². The number of rotatable bonds is 7. The zero-order chi connectivity index (χ0) is 20.6. The van der Waals surface area contributed by atoms with Crippen molar-refractivity contribution in [2.45, 2.75) is 32.3 Å². The third-order valence-electron chi connectivity index (χ3n) is 5.31. The van der Waals surface area contributed by atoms with Crippen LogP contribution in [0.5, 0.6) is 5.75 Å². The van der Waals surface area contributed by atoms with Crippen LogP contribution in [0.3, 0.4) is 0 Å². The Morgan fingerprint density at radius 3 is 2.77 bits per heavy atom. The summed E-state index contributed by atoms with van der Waals surface area (Å²) < 4.78 is 13.0. The molecule has 0 aliphatic carbocycles. The molecule has 2 atom stereocenters. The summed E-state index contributed by atoms with van der Waals surface area (Å²) in [5.74, 6) is 2.30. The van der Waals surface area contributed by atoms with E-state index in [1.54, 1.807) is 7.11 Å². The molecule has 0 amide bonds. The minimum atomic E-state index is 0. The molecular weight excluding hydrogens is 493 g/mol. The molecule has 1 aromatic carbocycles. The van der Waals surface area contributed by atoms with E-state index in [9.17, 15) is 0 Å². The number of nitrogens with zero attached hydrogens (tertiary/aromatic N) is 4. The second-order valence-corrected chi connectivity index (χ2v) is 7.45. The Morgan fingerprint density at radius 2 is 2.13 bits per heavy atom. The average molecular weight is 527 g/mol. The Morgan fingerprint density at radius 1 is 1.37 bits per heavy atom. The van der Waals surface area contributed by atoms with Crippen LogP contribution in [0.1, 0.15) is 43.4 Å². The van der Waals surface area contributed by atoms with Crippen LogP contribution < -0.4 is 10.1 Å². The van der Waals surface area contributed by atoms with E-state index in [-0.39, 0.29) is 30.1 Å². The number of ether oxygens (including phenoxy) is 2. The number of guanidine groups is 1. The standard InChI is InChI=1S/C22H33N5O2.HI/c1-5-23-22(24-11-10-17(2)18-6-8-20(28-4)9-7-18)27-12-13-29-21(16-27)19-14-25-26(3)15-19;/h6-9,14-15,17,21H,5,10-13,16H2,1-4H3,(H,23,24);1H. The van der Waals surface area contributed by atoms with E-state index in [1.807, 2.05) is 36.3 Å². The molecule has 8 heteroatoms. The summed E-state index contributed by atoms with van der Waals surface area (Å²) in [6.07, 6.45) is 4.93. The number of hydrogen-bond acceptors (Lipinski definition) is 4. The van der Waals surface area contributed by atoms with Gasteiger partial charge in [-0.1, -0.05) is 19.1 Å². The number of methoxy groups -OCH3 is 1. The molecule has 2 heterocycles. The summed E-state index contributed by atoms with van der Waals surface area (Å²) in [6.45, 7) is 8.30. The van der Waals surface area contributed by atoms with Crippen molar-refractivity contribution < 1.29 is 9.47 Å². The highest BCUT2D eigenvalue weighted by atomic mass is 127. The van der Waals surface area contributed by atoms with Crippen LogP contribution >= 0.6 is 24.0 Å². The number of hydrogen-bond donors (Lipinski definition) is 1. The first kappa shape index (κ1) is 24.5. The molecule has 3 rings (SSSR count). The van der Waals surface area contributed by atoms with Crippen LogP contribution in [0, 0.1) is 0 Å². The van der Waals surface area contributed by atoms with Crippen molar-refractivity contribution in [3.63, 3.8) is 0 Å². The molecule has 0 bridgehead atoms. The van der Waals surface area contributed by atoms with Crippen molar-refractivity contribution in [3.8, 4) is 5.75 Å². The third kappa shape index (κ3) is 6.60. The number of morpholine rings is 1. The summed E-state index contributed by atoms with van der Waals surface area (Å²) in [6, 6.07) is 8.31. The molecule has 0 radical (unpaired) electrons. The Kier molecular flexibility index (Phi) is 9.90. The highest BCUT2D eigenvalue weighted by molar-refractivity contribution is 14.0. The maximum absolute atomic E-state index is 5.97. The molecule has 7 nitrogen and oxygen atoms in total. The molecule has 30 heavy (non-hydrogen) atoms.